The number of rotatable bonds is 7. The molecular formula is C24H32N2O2S. The van der Waals surface area contributed by atoms with Crippen LogP contribution in [0.2, 0.25) is 0 Å². The van der Waals surface area contributed by atoms with Crippen LogP contribution >= 0.6 is 11.8 Å². The summed E-state index contributed by atoms with van der Waals surface area (Å²) in [4.78, 5) is 25.9. The fourth-order valence-electron chi connectivity index (χ4n) is 3.09. The van der Waals surface area contributed by atoms with Gasteiger partial charge >= 0.3 is 0 Å². The van der Waals surface area contributed by atoms with Crippen LogP contribution in [-0.2, 0) is 9.59 Å². The van der Waals surface area contributed by atoms with Crippen LogP contribution in [0.5, 0.6) is 0 Å². The van der Waals surface area contributed by atoms with E-state index in [-0.39, 0.29) is 22.5 Å². The first kappa shape index (κ1) is 23.0. The highest BCUT2D eigenvalue weighted by Gasteiger charge is 2.19. The van der Waals surface area contributed by atoms with Crippen molar-refractivity contribution in [3.63, 3.8) is 0 Å². The maximum Gasteiger partial charge on any atom is 0.237 e. The number of carbonyl (C=O) groups is 2. The van der Waals surface area contributed by atoms with Gasteiger partial charge in [0.25, 0.3) is 0 Å². The quantitative estimate of drug-likeness (QED) is 0.533. The van der Waals surface area contributed by atoms with Crippen LogP contribution in [0.25, 0.3) is 0 Å². The molecule has 1 unspecified atom stereocenters. The molecule has 2 aromatic rings. The molecule has 0 saturated carbocycles. The third-order valence-corrected chi connectivity index (χ3v) is 5.60. The molecule has 2 N–H and O–H groups in total. The molecule has 4 nitrogen and oxygen atoms in total. The summed E-state index contributed by atoms with van der Waals surface area (Å²) in [6.45, 7) is 12.2. The number of benzene rings is 2. The zero-order chi connectivity index (χ0) is 21.6. The molecule has 0 aliphatic heterocycles. The van der Waals surface area contributed by atoms with Gasteiger partial charge in [0.2, 0.25) is 11.8 Å². The van der Waals surface area contributed by atoms with E-state index in [4.69, 9.17) is 0 Å². The fraction of sp³-hybridized carbons (Fsp3) is 0.417. The van der Waals surface area contributed by atoms with Crippen LogP contribution in [0.4, 0.5) is 11.4 Å². The van der Waals surface area contributed by atoms with Crippen molar-refractivity contribution in [2.24, 2.45) is 5.41 Å². The SMILES string of the molecule is CCC(Sc1cccc(NC(=O)CC(C)(C)C)c1)C(=O)Nc1cc(C)cc(C)c1. The number of hydrogen-bond donors (Lipinski definition) is 2. The molecule has 0 saturated heterocycles. The van der Waals surface area contributed by atoms with Gasteiger partial charge in [-0.2, -0.15) is 0 Å². The van der Waals surface area contributed by atoms with E-state index in [1.165, 1.54) is 11.8 Å². The van der Waals surface area contributed by atoms with Gasteiger partial charge in [0.05, 0.1) is 5.25 Å². The monoisotopic (exact) mass is 412 g/mol. The van der Waals surface area contributed by atoms with Crippen LogP contribution in [0, 0.1) is 19.3 Å². The first-order valence-electron chi connectivity index (χ1n) is 10.0. The number of hydrogen-bond acceptors (Lipinski definition) is 3. The van der Waals surface area contributed by atoms with Gasteiger partial charge in [-0.3, -0.25) is 9.59 Å². The molecule has 0 aliphatic rings. The first-order chi connectivity index (χ1) is 13.6. The molecule has 0 bridgehead atoms. The summed E-state index contributed by atoms with van der Waals surface area (Å²) < 4.78 is 0. The lowest BCUT2D eigenvalue weighted by molar-refractivity contribution is -0.118. The Morgan fingerprint density at radius 1 is 0.966 bits per heavy atom. The molecule has 5 heteroatoms. The van der Waals surface area contributed by atoms with Crippen LogP contribution in [0.1, 0.15) is 51.7 Å². The van der Waals surface area contributed by atoms with Gasteiger partial charge in [-0.05, 0) is 67.1 Å². The fourth-order valence-corrected chi connectivity index (χ4v) is 4.10. The molecule has 29 heavy (non-hydrogen) atoms. The Labute approximate surface area is 178 Å². The first-order valence-corrected chi connectivity index (χ1v) is 10.9. The predicted octanol–water partition coefficient (Wildman–Crippen LogP) is 6.19. The Kier molecular flexibility index (Phi) is 7.91. The number of nitrogens with one attached hydrogen (secondary N) is 2. The molecule has 2 amide bonds. The molecule has 1 atom stereocenters. The smallest absolute Gasteiger partial charge is 0.237 e. The van der Waals surface area contributed by atoms with Crippen molar-refractivity contribution in [2.75, 3.05) is 10.6 Å². The highest BCUT2D eigenvalue weighted by molar-refractivity contribution is 8.00. The Morgan fingerprint density at radius 2 is 1.62 bits per heavy atom. The maximum atomic E-state index is 12.8. The number of aryl methyl sites for hydroxylation is 2. The number of anilines is 2. The molecule has 0 aliphatic carbocycles. The van der Waals surface area contributed by atoms with Gasteiger partial charge in [-0.1, -0.05) is 39.8 Å². The maximum absolute atomic E-state index is 12.8. The van der Waals surface area contributed by atoms with Crippen molar-refractivity contribution in [3.8, 4) is 0 Å². The summed E-state index contributed by atoms with van der Waals surface area (Å²) in [7, 11) is 0. The summed E-state index contributed by atoms with van der Waals surface area (Å²) in [6, 6.07) is 13.7. The van der Waals surface area contributed by atoms with E-state index in [0.717, 1.165) is 27.4 Å². The second kappa shape index (κ2) is 9.97. The highest BCUT2D eigenvalue weighted by atomic mass is 32.2. The highest BCUT2D eigenvalue weighted by Crippen LogP contribution is 2.29. The lowest BCUT2D eigenvalue weighted by Crippen LogP contribution is -2.24. The van der Waals surface area contributed by atoms with Crippen LogP contribution in [-0.4, -0.2) is 17.1 Å². The Bertz CT molecular complexity index is 851. The van der Waals surface area contributed by atoms with Gasteiger partial charge in [0.15, 0.2) is 0 Å². The summed E-state index contributed by atoms with van der Waals surface area (Å²) >= 11 is 1.52. The molecule has 0 spiro atoms. The van der Waals surface area contributed by atoms with E-state index in [2.05, 4.69) is 16.7 Å². The summed E-state index contributed by atoms with van der Waals surface area (Å²) in [5.41, 5.74) is 3.78. The summed E-state index contributed by atoms with van der Waals surface area (Å²) in [6.07, 6.45) is 1.17. The molecule has 0 aromatic heterocycles. The van der Waals surface area contributed by atoms with Crippen molar-refractivity contribution in [1.82, 2.24) is 0 Å². The van der Waals surface area contributed by atoms with Crippen molar-refractivity contribution in [2.45, 2.75) is 64.5 Å². The van der Waals surface area contributed by atoms with Crippen LogP contribution in [0.15, 0.2) is 47.4 Å². The minimum Gasteiger partial charge on any atom is -0.326 e. The van der Waals surface area contributed by atoms with E-state index in [1.807, 2.05) is 77.9 Å². The third-order valence-electron chi connectivity index (χ3n) is 4.24. The average Bonchev–Trinajstić information content (AvgIpc) is 2.57. The van der Waals surface area contributed by atoms with Crippen molar-refractivity contribution in [1.29, 1.82) is 0 Å². The van der Waals surface area contributed by atoms with E-state index < -0.39 is 0 Å². The molecule has 2 aromatic carbocycles. The minimum absolute atomic E-state index is 0.000693. The van der Waals surface area contributed by atoms with Crippen molar-refractivity contribution >= 4 is 35.0 Å². The molecule has 156 valence electrons. The van der Waals surface area contributed by atoms with Gasteiger partial charge in [-0.25, -0.2) is 0 Å². The molecule has 0 heterocycles. The lowest BCUT2D eigenvalue weighted by Gasteiger charge is -2.18. The van der Waals surface area contributed by atoms with E-state index in [9.17, 15) is 9.59 Å². The van der Waals surface area contributed by atoms with Gasteiger partial charge in [0.1, 0.15) is 0 Å². The zero-order valence-corrected chi connectivity index (χ0v) is 19.1. The van der Waals surface area contributed by atoms with E-state index >= 15 is 0 Å². The third kappa shape index (κ3) is 7.94. The summed E-state index contributed by atoms with van der Waals surface area (Å²) in [5.74, 6) is -0.0103. The minimum atomic E-state index is -0.212. The predicted molar refractivity (Wildman–Crippen MR) is 124 cm³/mol. The largest absolute Gasteiger partial charge is 0.326 e. The van der Waals surface area contributed by atoms with Crippen LogP contribution in [0.3, 0.4) is 0 Å². The lowest BCUT2D eigenvalue weighted by atomic mass is 9.92. The second-order valence-corrected chi connectivity index (χ2v) is 9.97. The topological polar surface area (TPSA) is 58.2 Å². The normalized spacial score (nSPS) is 12.3. The molecule has 0 fully saturated rings. The van der Waals surface area contributed by atoms with Crippen molar-refractivity contribution < 1.29 is 9.59 Å². The second-order valence-electron chi connectivity index (χ2n) is 8.69. The van der Waals surface area contributed by atoms with E-state index in [0.29, 0.717) is 12.8 Å². The molecule has 2 rings (SSSR count). The van der Waals surface area contributed by atoms with Gasteiger partial charge in [0, 0.05) is 22.7 Å². The standard InChI is InChI=1S/C24H32N2O2S/c1-7-21(23(28)26-19-12-16(2)11-17(3)13-19)29-20-10-8-9-18(14-20)25-22(27)15-24(4,5)6/h8-14,21H,7,15H2,1-6H3,(H,25,27)(H,26,28). The number of thioether (sulfide) groups is 1. The average molecular weight is 413 g/mol. The Balaban J connectivity index is 2.04. The number of carbonyl (C=O) groups excluding carboxylic acids is 2. The molecule has 0 radical (unpaired) electrons. The summed E-state index contributed by atoms with van der Waals surface area (Å²) in [5, 5.41) is 5.79. The van der Waals surface area contributed by atoms with Crippen molar-refractivity contribution in [3.05, 3.63) is 53.6 Å². The number of amides is 2. The van der Waals surface area contributed by atoms with Gasteiger partial charge in [-0.15, -0.1) is 11.8 Å². The van der Waals surface area contributed by atoms with E-state index in [1.54, 1.807) is 0 Å². The molecular weight excluding hydrogens is 380 g/mol. The Hall–Kier alpha value is -2.27. The Morgan fingerprint density at radius 3 is 2.21 bits per heavy atom. The van der Waals surface area contributed by atoms with Crippen LogP contribution < -0.4 is 10.6 Å². The van der Waals surface area contributed by atoms with Gasteiger partial charge < -0.3 is 10.6 Å². The zero-order valence-electron chi connectivity index (χ0n) is 18.3.